The molecule has 1 unspecified atom stereocenters. The van der Waals surface area contributed by atoms with Gasteiger partial charge in [-0.3, -0.25) is 9.89 Å². The summed E-state index contributed by atoms with van der Waals surface area (Å²) in [7, 11) is 0. The van der Waals surface area contributed by atoms with Crippen molar-refractivity contribution in [2.24, 2.45) is 0 Å². The first-order chi connectivity index (χ1) is 17.5. The highest BCUT2D eigenvalue weighted by Crippen LogP contribution is 2.38. The van der Waals surface area contributed by atoms with Crippen molar-refractivity contribution in [2.45, 2.75) is 25.3 Å². The molecule has 0 amide bonds. The third-order valence-corrected chi connectivity index (χ3v) is 7.51. The Morgan fingerprint density at radius 1 is 1.17 bits per heavy atom. The molecule has 3 aromatic heterocycles. The van der Waals surface area contributed by atoms with Gasteiger partial charge >= 0.3 is 0 Å². The maximum atomic E-state index is 13.3. The van der Waals surface area contributed by atoms with Crippen LogP contribution in [0.4, 0.5) is 11.5 Å². The lowest BCUT2D eigenvalue weighted by Crippen LogP contribution is -2.42. The molecule has 1 aliphatic rings. The van der Waals surface area contributed by atoms with Crippen molar-refractivity contribution >= 4 is 49.2 Å². The molecule has 1 saturated heterocycles. The summed E-state index contributed by atoms with van der Waals surface area (Å²) in [5.74, 6) is 1.22. The van der Waals surface area contributed by atoms with Gasteiger partial charge in [0.1, 0.15) is 11.6 Å². The number of benzene rings is 2. The van der Waals surface area contributed by atoms with E-state index in [0.29, 0.717) is 32.5 Å². The Bertz CT molecular complexity index is 1640. The maximum Gasteiger partial charge on any atom is 0.261 e. The average molecular weight is 546 g/mol. The minimum Gasteiger partial charge on any atom is -0.398 e. The Balaban J connectivity index is 1.42. The molecular formula is C26H24BrN7O2. The topological polar surface area (TPSA) is 137 Å². The van der Waals surface area contributed by atoms with Gasteiger partial charge in [0, 0.05) is 33.7 Å². The Kier molecular flexibility index (Phi) is 5.69. The Morgan fingerprint density at radius 2 is 2.06 bits per heavy atom. The third kappa shape index (κ3) is 3.73. The summed E-state index contributed by atoms with van der Waals surface area (Å²) in [6.45, 7) is 0.971. The molecule has 4 heterocycles. The minimum absolute atomic E-state index is 0.0803. The van der Waals surface area contributed by atoms with Gasteiger partial charge < -0.3 is 20.7 Å². The molecule has 9 nitrogen and oxygen atoms in total. The van der Waals surface area contributed by atoms with Crippen molar-refractivity contribution in [3.8, 4) is 22.5 Å². The zero-order valence-electron chi connectivity index (χ0n) is 19.3. The highest BCUT2D eigenvalue weighted by atomic mass is 79.9. The number of nitrogens with zero attached hydrogens (tertiary/aromatic N) is 4. The van der Waals surface area contributed by atoms with Crippen molar-refractivity contribution in [1.82, 2.24) is 25.1 Å². The predicted octanol–water partition coefficient (Wildman–Crippen LogP) is 4.22. The Morgan fingerprint density at radius 3 is 2.86 bits per heavy atom. The summed E-state index contributed by atoms with van der Waals surface area (Å²) in [6.07, 6.45) is 6.59. The number of aromatic nitrogens is 5. The zero-order chi connectivity index (χ0) is 24.8. The fourth-order valence-corrected chi connectivity index (χ4v) is 5.57. The molecule has 0 aliphatic carbocycles. The van der Waals surface area contributed by atoms with Crippen molar-refractivity contribution in [2.75, 3.05) is 23.8 Å². The van der Waals surface area contributed by atoms with Crippen LogP contribution in [0.2, 0.25) is 0 Å². The summed E-state index contributed by atoms with van der Waals surface area (Å²) >= 11 is 3.61. The fraction of sp³-hybridized carbons (Fsp3) is 0.231. The predicted molar refractivity (Wildman–Crippen MR) is 145 cm³/mol. The number of hydrogen-bond donors (Lipinski definition) is 4. The number of aliphatic hydroxyl groups excluding tert-OH is 1. The quantitative estimate of drug-likeness (QED) is 0.248. The number of H-pyrrole nitrogens is 2. The number of rotatable bonds is 4. The molecule has 6 rings (SSSR count). The van der Waals surface area contributed by atoms with Gasteiger partial charge in [-0.1, -0.05) is 12.1 Å². The van der Waals surface area contributed by atoms with E-state index in [1.54, 1.807) is 12.4 Å². The van der Waals surface area contributed by atoms with E-state index in [1.807, 2.05) is 36.4 Å². The first-order valence-electron chi connectivity index (χ1n) is 11.8. The van der Waals surface area contributed by atoms with Gasteiger partial charge in [-0.05, 0) is 65.0 Å². The first-order valence-corrected chi connectivity index (χ1v) is 12.6. The normalized spacial score (nSPS) is 16.2. The minimum atomic E-state index is -0.324. The van der Waals surface area contributed by atoms with Gasteiger partial charge in [-0.15, -0.1) is 0 Å². The first kappa shape index (κ1) is 22.7. The number of aromatic amines is 2. The number of anilines is 2. The van der Waals surface area contributed by atoms with E-state index in [1.165, 1.54) is 0 Å². The number of halogens is 1. The van der Waals surface area contributed by atoms with Crippen LogP contribution in [0.3, 0.4) is 0 Å². The summed E-state index contributed by atoms with van der Waals surface area (Å²) < 4.78 is 0.665. The molecule has 0 saturated carbocycles. The number of aliphatic hydroxyl groups is 1. The van der Waals surface area contributed by atoms with Crippen LogP contribution in [-0.4, -0.2) is 49.4 Å². The molecule has 5 aromatic rings. The van der Waals surface area contributed by atoms with Crippen LogP contribution in [0.15, 0.2) is 58.1 Å². The number of pyridine rings is 1. The number of fused-ring (bicyclic) bond motifs is 2. The van der Waals surface area contributed by atoms with E-state index in [9.17, 15) is 9.90 Å². The largest absolute Gasteiger partial charge is 0.398 e. The van der Waals surface area contributed by atoms with E-state index in [-0.39, 0.29) is 18.2 Å². The highest BCUT2D eigenvalue weighted by Gasteiger charge is 2.23. The smallest absolute Gasteiger partial charge is 0.261 e. The van der Waals surface area contributed by atoms with Crippen LogP contribution < -0.4 is 16.2 Å². The number of hydrogen-bond acceptors (Lipinski definition) is 7. The van der Waals surface area contributed by atoms with Gasteiger partial charge in [0.2, 0.25) is 0 Å². The van der Waals surface area contributed by atoms with E-state index in [0.717, 1.165) is 53.7 Å². The van der Waals surface area contributed by atoms with E-state index >= 15 is 0 Å². The Hall–Kier alpha value is -3.76. The summed E-state index contributed by atoms with van der Waals surface area (Å²) in [4.78, 5) is 27.6. The molecule has 10 heteroatoms. The second-order valence-electron chi connectivity index (χ2n) is 9.03. The number of nitrogens with two attached hydrogens (primary N) is 1. The van der Waals surface area contributed by atoms with Gasteiger partial charge in [0.15, 0.2) is 0 Å². The molecule has 5 N–H and O–H groups in total. The SMILES string of the molecule is Nc1c(-c2cccc3[nH]ncc23)cc(Br)c2nc(-c3ccc(N4CCCCC4CO)nc3)[nH]c(=O)c12. The van der Waals surface area contributed by atoms with Crippen LogP contribution in [-0.2, 0) is 0 Å². The molecule has 0 radical (unpaired) electrons. The van der Waals surface area contributed by atoms with Crippen LogP contribution >= 0.6 is 15.9 Å². The Labute approximate surface area is 214 Å². The molecule has 1 aliphatic heterocycles. The van der Waals surface area contributed by atoms with Crippen molar-refractivity contribution in [1.29, 1.82) is 0 Å². The summed E-state index contributed by atoms with van der Waals surface area (Å²) in [6, 6.07) is 11.6. The summed E-state index contributed by atoms with van der Waals surface area (Å²) in [5, 5.41) is 18.1. The molecule has 2 aromatic carbocycles. The molecule has 0 spiro atoms. The average Bonchev–Trinajstić information content (AvgIpc) is 3.40. The van der Waals surface area contributed by atoms with Crippen molar-refractivity contribution in [3.63, 3.8) is 0 Å². The number of nitrogen functional groups attached to an aromatic ring is 1. The molecule has 1 atom stereocenters. The monoisotopic (exact) mass is 545 g/mol. The van der Waals surface area contributed by atoms with Gasteiger partial charge in [-0.2, -0.15) is 5.10 Å². The lowest BCUT2D eigenvalue weighted by atomic mass is 9.98. The number of nitrogens with one attached hydrogen (secondary N) is 2. The standard InChI is InChI=1S/C26H24BrN7O2/c27-19-10-17(16-5-3-6-20-18(16)12-30-33-20)23(28)22-24(19)31-25(32-26(22)36)14-7-8-21(29-11-14)34-9-2-1-4-15(34)13-35/h3,5-8,10-12,15,35H,1-2,4,9,13,28H2,(H,30,33)(H,31,32,36). The van der Waals surface area contributed by atoms with E-state index in [4.69, 9.17) is 10.7 Å². The second kappa shape index (κ2) is 9.03. The molecule has 36 heavy (non-hydrogen) atoms. The second-order valence-corrected chi connectivity index (χ2v) is 9.88. The number of piperidine rings is 1. The van der Waals surface area contributed by atoms with E-state index < -0.39 is 0 Å². The van der Waals surface area contributed by atoms with Gasteiger partial charge in [0.25, 0.3) is 5.56 Å². The molecule has 0 bridgehead atoms. The maximum absolute atomic E-state index is 13.3. The zero-order valence-corrected chi connectivity index (χ0v) is 20.9. The van der Waals surface area contributed by atoms with Crippen LogP contribution in [0.1, 0.15) is 19.3 Å². The lowest BCUT2D eigenvalue weighted by Gasteiger charge is -2.35. The van der Waals surface area contributed by atoms with Crippen molar-refractivity contribution in [3.05, 3.63) is 63.6 Å². The van der Waals surface area contributed by atoms with Gasteiger partial charge in [0.05, 0.1) is 41.0 Å². The van der Waals surface area contributed by atoms with Gasteiger partial charge in [-0.25, -0.2) is 9.97 Å². The highest BCUT2D eigenvalue weighted by molar-refractivity contribution is 9.10. The van der Waals surface area contributed by atoms with Crippen molar-refractivity contribution < 1.29 is 5.11 Å². The van der Waals surface area contributed by atoms with E-state index in [2.05, 4.69) is 41.0 Å². The molecule has 182 valence electrons. The lowest BCUT2D eigenvalue weighted by molar-refractivity contribution is 0.239. The van der Waals surface area contributed by atoms with Crippen LogP contribution in [0.25, 0.3) is 44.3 Å². The molecular weight excluding hydrogens is 522 g/mol. The molecule has 1 fully saturated rings. The summed E-state index contributed by atoms with van der Waals surface area (Å²) in [5.41, 5.74) is 10.2. The third-order valence-electron chi connectivity index (χ3n) is 6.90. The van der Waals surface area contributed by atoms with Crippen LogP contribution in [0, 0.1) is 0 Å². The fourth-order valence-electron chi connectivity index (χ4n) is 5.05. The van der Waals surface area contributed by atoms with Crippen LogP contribution in [0.5, 0.6) is 0 Å².